The number of aromatic nitrogens is 2. The molecule has 2 aromatic rings. The van der Waals surface area contributed by atoms with Crippen molar-refractivity contribution in [1.82, 2.24) is 9.97 Å². The summed E-state index contributed by atoms with van der Waals surface area (Å²) in [7, 11) is 0. The SMILES string of the molecule is FC(F)(F)c1cccc(N(CCC2C3CC4CC(C3)CC2C4)c2cccc(C(F)(F)F)n2)n1. The van der Waals surface area contributed by atoms with Crippen LogP contribution in [0.1, 0.15) is 49.9 Å². The van der Waals surface area contributed by atoms with E-state index >= 15 is 0 Å². The van der Waals surface area contributed by atoms with Crippen molar-refractivity contribution in [2.75, 3.05) is 11.4 Å². The summed E-state index contributed by atoms with van der Waals surface area (Å²) in [6.45, 7) is 0.273. The molecular weight excluding hydrogens is 444 g/mol. The summed E-state index contributed by atoms with van der Waals surface area (Å²) in [5.74, 6) is 3.14. The van der Waals surface area contributed by atoms with Crippen LogP contribution in [0.25, 0.3) is 0 Å². The van der Waals surface area contributed by atoms with Crippen LogP contribution in [0.3, 0.4) is 0 Å². The summed E-state index contributed by atoms with van der Waals surface area (Å²) in [4.78, 5) is 8.91. The van der Waals surface area contributed by atoms with Crippen molar-refractivity contribution in [2.45, 2.75) is 50.9 Å². The van der Waals surface area contributed by atoms with Gasteiger partial charge in [-0.05, 0) is 92.4 Å². The Bertz CT molecular complexity index is 917. The van der Waals surface area contributed by atoms with Gasteiger partial charge in [0.25, 0.3) is 0 Å². The van der Waals surface area contributed by atoms with Crippen LogP contribution in [-0.2, 0) is 12.4 Å². The fourth-order valence-corrected chi connectivity index (χ4v) is 6.60. The zero-order valence-corrected chi connectivity index (χ0v) is 17.9. The summed E-state index contributed by atoms with van der Waals surface area (Å²) in [5.41, 5.74) is -2.15. The van der Waals surface area contributed by atoms with Crippen molar-refractivity contribution in [2.24, 2.45) is 29.6 Å². The molecule has 9 heteroatoms. The molecule has 2 heterocycles. The van der Waals surface area contributed by atoms with Gasteiger partial charge in [-0.15, -0.1) is 0 Å². The smallest absolute Gasteiger partial charge is 0.311 e. The molecule has 0 atom stereocenters. The van der Waals surface area contributed by atoms with E-state index in [1.807, 2.05) is 0 Å². The standard InChI is InChI=1S/C24H25F6N3/c25-23(26,27)19-3-1-5-21(31-19)33(22-6-2-4-20(32-22)24(28,29)30)8-7-18-16-10-14-9-15(12-16)13-17(18)11-14/h1-6,14-18H,7-13H2. The number of hydrogen-bond acceptors (Lipinski definition) is 3. The lowest BCUT2D eigenvalue weighted by Crippen LogP contribution is -2.45. The van der Waals surface area contributed by atoms with Crippen molar-refractivity contribution in [3.05, 3.63) is 47.8 Å². The Morgan fingerprint density at radius 2 is 1.15 bits per heavy atom. The predicted molar refractivity (Wildman–Crippen MR) is 111 cm³/mol. The van der Waals surface area contributed by atoms with Crippen molar-refractivity contribution >= 4 is 11.6 Å². The third kappa shape index (κ3) is 4.55. The number of nitrogens with zero attached hydrogens (tertiary/aromatic N) is 3. The third-order valence-electron chi connectivity index (χ3n) is 7.71. The lowest BCUT2D eigenvalue weighted by Gasteiger charge is -2.54. The van der Waals surface area contributed by atoms with E-state index in [1.54, 1.807) is 0 Å². The van der Waals surface area contributed by atoms with Gasteiger partial charge in [-0.3, -0.25) is 0 Å². The Labute approximate surface area is 188 Å². The number of halogens is 6. The van der Waals surface area contributed by atoms with Crippen LogP contribution in [0.5, 0.6) is 0 Å². The molecule has 4 aliphatic rings. The molecule has 0 aromatic carbocycles. The minimum Gasteiger partial charge on any atom is -0.311 e. The zero-order chi connectivity index (χ0) is 23.4. The highest BCUT2D eigenvalue weighted by molar-refractivity contribution is 5.56. The van der Waals surface area contributed by atoms with E-state index in [9.17, 15) is 26.3 Å². The first-order chi connectivity index (χ1) is 15.6. The quantitative estimate of drug-likeness (QED) is 0.437. The van der Waals surface area contributed by atoms with Crippen molar-refractivity contribution < 1.29 is 26.3 Å². The predicted octanol–water partition coefficient (Wildman–Crippen LogP) is 7.11. The summed E-state index contributed by atoms with van der Waals surface area (Å²) in [6.07, 6.45) is -2.50. The fraction of sp³-hybridized carbons (Fsp3) is 0.583. The van der Waals surface area contributed by atoms with Crippen LogP contribution in [0.2, 0.25) is 0 Å². The van der Waals surface area contributed by atoms with Crippen LogP contribution < -0.4 is 4.90 Å². The van der Waals surface area contributed by atoms with Crippen LogP contribution in [0.15, 0.2) is 36.4 Å². The highest BCUT2D eigenvalue weighted by Crippen LogP contribution is 2.57. The topological polar surface area (TPSA) is 29.0 Å². The molecule has 4 bridgehead atoms. The van der Waals surface area contributed by atoms with E-state index < -0.39 is 23.7 Å². The maximum atomic E-state index is 13.3. The fourth-order valence-electron chi connectivity index (χ4n) is 6.60. The number of anilines is 2. The van der Waals surface area contributed by atoms with Crippen LogP contribution in [0, 0.1) is 29.6 Å². The van der Waals surface area contributed by atoms with Crippen molar-refractivity contribution in [1.29, 1.82) is 0 Å². The van der Waals surface area contributed by atoms with Gasteiger partial charge in [0.05, 0.1) is 0 Å². The normalized spacial score (nSPS) is 28.8. The van der Waals surface area contributed by atoms with Gasteiger partial charge in [0.15, 0.2) is 0 Å². The highest BCUT2D eigenvalue weighted by atomic mass is 19.4. The van der Waals surface area contributed by atoms with E-state index in [0.717, 1.165) is 24.0 Å². The van der Waals surface area contributed by atoms with Gasteiger partial charge in [0.2, 0.25) is 0 Å². The van der Waals surface area contributed by atoms with Gasteiger partial charge >= 0.3 is 12.4 Å². The summed E-state index contributed by atoms with van der Waals surface area (Å²) in [6, 6.07) is 6.98. The van der Waals surface area contributed by atoms with Gasteiger partial charge in [0, 0.05) is 6.54 Å². The molecule has 33 heavy (non-hydrogen) atoms. The Morgan fingerprint density at radius 1 is 0.697 bits per heavy atom. The van der Waals surface area contributed by atoms with Gasteiger partial charge < -0.3 is 4.90 Å². The maximum absolute atomic E-state index is 13.3. The molecule has 4 fully saturated rings. The number of alkyl halides is 6. The minimum atomic E-state index is -4.65. The van der Waals surface area contributed by atoms with Crippen molar-refractivity contribution in [3.63, 3.8) is 0 Å². The molecule has 0 spiro atoms. The van der Waals surface area contributed by atoms with E-state index in [-0.39, 0.29) is 18.2 Å². The number of hydrogen-bond donors (Lipinski definition) is 0. The first kappa shape index (κ1) is 22.5. The molecule has 0 unspecified atom stereocenters. The summed E-state index contributed by atoms with van der Waals surface area (Å²) >= 11 is 0. The van der Waals surface area contributed by atoms with E-state index in [1.165, 1.54) is 61.3 Å². The molecule has 3 nitrogen and oxygen atoms in total. The molecule has 4 aliphatic carbocycles. The molecule has 178 valence electrons. The molecule has 0 N–H and O–H groups in total. The Morgan fingerprint density at radius 3 is 1.58 bits per heavy atom. The highest BCUT2D eigenvalue weighted by Gasteiger charge is 2.48. The molecule has 4 saturated carbocycles. The summed E-state index contributed by atoms with van der Waals surface area (Å²) in [5, 5.41) is 0. The Hall–Kier alpha value is -2.32. The lowest BCUT2D eigenvalue weighted by molar-refractivity contribution is -0.141. The van der Waals surface area contributed by atoms with Gasteiger partial charge in [-0.25, -0.2) is 9.97 Å². The van der Waals surface area contributed by atoms with E-state index in [2.05, 4.69) is 9.97 Å². The lowest BCUT2D eigenvalue weighted by atomic mass is 9.51. The molecule has 0 saturated heterocycles. The first-order valence-corrected chi connectivity index (χ1v) is 11.4. The van der Waals surface area contributed by atoms with Crippen LogP contribution >= 0.6 is 0 Å². The average molecular weight is 469 g/mol. The second-order valence-corrected chi connectivity index (χ2v) is 9.79. The van der Waals surface area contributed by atoms with E-state index in [4.69, 9.17) is 0 Å². The molecule has 0 radical (unpaired) electrons. The van der Waals surface area contributed by atoms with Crippen LogP contribution in [0.4, 0.5) is 38.0 Å². The second-order valence-electron chi connectivity index (χ2n) is 9.79. The first-order valence-electron chi connectivity index (χ1n) is 11.4. The second kappa shape index (κ2) is 8.17. The maximum Gasteiger partial charge on any atom is 0.433 e. The van der Waals surface area contributed by atoms with Gasteiger partial charge in [-0.2, -0.15) is 26.3 Å². The van der Waals surface area contributed by atoms with Gasteiger partial charge in [-0.1, -0.05) is 12.1 Å². The molecule has 6 rings (SSSR count). The largest absolute Gasteiger partial charge is 0.433 e. The number of pyridine rings is 2. The molecule has 0 amide bonds. The minimum absolute atomic E-state index is 0.0412. The van der Waals surface area contributed by atoms with Crippen molar-refractivity contribution in [3.8, 4) is 0 Å². The zero-order valence-electron chi connectivity index (χ0n) is 17.9. The number of rotatable bonds is 5. The average Bonchev–Trinajstić information content (AvgIpc) is 2.74. The van der Waals surface area contributed by atoms with Crippen LogP contribution in [-0.4, -0.2) is 16.5 Å². The summed E-state index contributed by atoms with van der Waals surface area (Å²) < 4.78 is 79.7. The van der Waals surface area contributed by atoms with E-state index in [0.29, 0.717) is 24.2 Å². The monoisotopic (exact) mass is 469 g/mol. The van der Waals surface area contributed by atoms with Gasteiger partial charge in [0.1, 0.15) is 23.0 Å². The Balaban J connectivity index is 1.45. The molecule has 2 aromatic heterocycles. The Kier molecular flexibility index (Phi) is 5.56. The molecular formula is C24H25F6N3. The third-order valence-corrected chi connectivity index (χ3v) is 7.71. The molecule has 0 aliphatic heterocycles.